The summed E-state index contributed by atoms with van der Waals surface area (Å²) in [7, 11) is 1.39. The highest BCUT2D eigenvalue weighted by molar-refractivity contribution is 5.90. The molecule has 0 unspecified atom stereocenters. The molecule has 0 aliphatic rings. The average molecular weight is 269 g/mol. The lowest BCUT2D eigenvalue weighted by molar-refractivity contribution is 0.0601. The van der Waals surface area contributed by atoms with E-state index in [1.165, 1.54) is 18.2 Å². The van der Waals surface area contributed by atoms with Crippen LogP contribution < -0.4 is 5.32 Å². The van der Waals surface area contributed by atoms with Crippen LogP contribution in [0.1, 0.15) is 27.0 Å². The van der Waals surface area contributed by atoms with Gasteiger partial charge in [0.05, 0.1) is 12.7 Å². The smallest absolute Gasteiger partial charge is 0.337 e. The average Bonchev–Trinajstić information content (AvgIpc) is 2.47. The Hall–Kier alpha value is -2.29. The van der Waals surface area contributed by atoms with Gasteiger partial charge in [0.2, 0.25) is 0 Å². The third kappa shape index (κ3) is 3.18. The van der Waals surface area contributed by atoms with Gasteiger partial charge in [0.1, 0.15) is 0 Å². The van der Waals surface area contributed by atoms with E-state index >= 15 is 0 Å². The molecule has 104 valence electrons. The summed E-state index contributed by atoms with van der Waals surface area (Å²) in [4.78, 5) is 11.6. The van der Waals surface area contributed by atoms with Crippen molar-refractivity contribution >= 4 is 11.7 Å². The molecule has 0 aromatic heterocycles. The molecule has 0 radical (unpaired) electrons. The molecule has 0 saturated carbocycles. The SMILES string of the molecule is COC(=O)c1ccc(C)c(NCc2ccccc2C)c1. The molecule has 3 nitrogen and oxygen atoms in total. The highest BCUT2D eigenvalue weighted by Gasteiger charge is 2.08. The van der Waals surface area contributed by atoms with Crippen LogP contribution in [0.3, 0.4) is 0 Å². The second-order valence-corrected chi connectivity index (χ2v) is 4.80. The van der Waals surface area contributed by atoms with E-state index in [1.54, 1.807) is 6.07 Å². The summed E-state index contributed by atoms with van der Waals surface area (Å²) < 4.78 is 4.75. The van der Waals surface area contributed by atoms with Gasteiger partial charge in [-0.15, -0.1) is 0 Å². The van der Waals surface area contributed by atoms with Crippen LogP contribution in [0.5, 0.6) is 0 Å². The van der Waals surface area contributed by atoms with E-state index in [2.05, 4.69) is 24.4 Å². The maximum atomic E-state index is 11.6. The maximum absolute atomic E-state index is 11.6. The number of esters is 1. The van der Waals surface area contributed by atoms with Crippen LogP contribution in [0.2, 0.25) is 0 Å². The first kappa shape index (κ1) is 14.1. The first-order valence-electron chi connectivity index (χ1n) is 6.59. The van der Waals surface area contributed by atoms with Crippen molar-refractivity contribution in [3.63, 3.8) is 0 Å². The Bertz CT molecular complexity index is 620. The van der Waals surface area contributed by atoms with Gasteiger partial charge in [-0.2, -0.15) is 0 Å². The number of nitrogens with one attached hydrogen (secondary N) is 1. The zero-order chi connectivity index (χ0) is 14.5. The lowest BCUT2D eigenvalue weighted by Gasteiger charge is -2.12. The number of hydrogen-bond donors (Lipinski definition) is 1. The fraction of sp³-hybridized carbons (Fsp3) is 0.235. The summed E-state index contributed by atoms with van der Waals surface area (Å²) in [5.41, 5.74) is 5.12. The first-order valence-corrected chi connectivity index (χ1v) is 6.59. The van der Waals surface area contributed by atoms with Gasteiger partial charge in [0, 0.05) is 12.2 Å². The Kier molecular flexibility index (Phi) is 4.41. The molecule has 0 fully saturated rings. The third-order valence-electron chi connectivity index (χ3n) is 3.39. The second kappa shape index (κ2) is 6.24. The van der Waals surface area contributed by atoms with Crippen LogP contribution in [0, 0.1) is 13.8 Å². The van der Waals surface area contributed by atoms with E-state index < -0.39 is 0 Å². The van der Waals surface area contributed by atoms with E-state index in [0.717, 1.165) is 17.8 Å². The van der Waals surface area contributed by atoms with Crippen LogP contribution in [0.15, 0.2) is 42.5 Å². The zero-order valence-corrected chi connectivity index (χ0v) is 12.1. The standard InChI is InChI=1S/C17H19NO2/c1-12-6-4-5-7-15(12)11-18-16-10-14(17(19)20-3)9-8-13(16)2/h4-10,18H,11H2,1-3H3. The van der Waals surface area contributed by atoms with E-state index in [-0.39, 0.29) is 5.97 Å². The molecule has 0 spiro atoms. The van der Waals surface area contributed by atoms with Gasteiger partial charge in [-0.05, 0) is 42.7 Å². The molecule has 20 heavy (non-hydrogen) atoms. The van der Waals surface area contributed by atoms with Crippen molar-refractivity contribution in [1.29, 1.82) is 0 Å². The number of carbonyl (C=O) groups excluding carboxylic acids is 1. The Morgan fingerprint density at radius 1 is 1.10 bits per heavy atom. The quantitative estimate of drug-likeness (QED) is 0.860. The molecule has 0 aliphatic carbocycles. The molecule has 0 bridgehead atoms. The number of methoxy groups -OCH3 is 1. The monoisotopic (exact) mass is 269 g/mol. The minimum atomic E-state index is -0.316. The summed E-state index contributed by atoms with van der Waals surface area (Å²) >= 11 is 0. The fourth-order valence-electron chi connectivity index (χ4n) is 2.06. The normalized spacial score (nSPS) is 10.2. The minimum absolute atomic E-state index is 0.316. The Labute approximate surface area is 119 Å². The third-order valence-corrected chi connectivity index (χ3v) is 3.39. The molecular weight excluding hydrogens is 250 g/mol. The van der Waals surface area contributed by atoms with E-state index in [9.17, 15) is 4.79 Å². The first-order chi connectivity index (χ1) is 9.61. The molecule has 2 aromatic carbocycles. The van der Waals surface area contributed by atoms with E-state index in [0.29, 0.717) is 5.56 Å². The molecule has 2 aromatic rings. The van der Waals surface area contributed by atoms with Crippen molar-refractivity contribution in [2.24, 2.45) is 0 Å². The number of carbonyl (C=O) groups is 1. The molecule has 0 saturated heterocycles. The van der Waals surface area contributed by atoms with Gasteiger partial charge in [0.15, 0.2) is 0 Å². The second-order valence-electron chi connectivity index (χ2n) is 4.80. The topological polar surface area (TPSA) is 38.3 Å². The number of benzene rings is 2. The fourth-order valence-corrected chi connectivity index (χ4v) is 2.06. The van der Waals surface area contributed by atoms with Gasteiger partial charge in [-0.25, -0.2) is 4.79 Å². The van der Waals surface area contributed by atoms with E-state index in [1.807, 2.05) is 31.2 Å². The van der Waals surface area contributed by atoms with Gasteiger partial charge < -0.3 is 10.1 Å². The summed E-state index contributed by atoms with van der Waals surface area (Å²) in [5, 5.41) is 3.38. The summed E-state index contributed by atoms with van der Waals surface area (Å²) in [5.74, 6) is -0.316. The lowest BCUT2D eigenvalue weighted by Crippen LogP contribution is -2.06. The molecule has 2 rings (SSSR count). The molecule has 0 heterocycles. The molecular formula is C17H19NO2. The van der Waals surface area contributed by atoms with Crippen molar-refractivity contribution in [1.82, 2.24) is 0 Å². The van der Waals surface area contributed by atoms with Crippen molar-refractivity contribution in [2.45, 2.75) is 20.4 Å². The van der Waals surface area contributed by atoms with Crippen molar-refractivity contribution in [3.05, 3.63) is 64.7 Å². The van der Waals surface area contributed by atoms with Gasteiger partial charge in [-0.1, -0.05) is 30.3 Å². The maximum Gasteiger partial charge on any atom is 0.337 e. The van der Waals surface area contributed by atoms with Gasteiger partial charge in [-0.3, -0.25) is 0 Å². The number of ether oxygens (including phenoxy) is 1. The van der Waals surface area contributed by atoms with Gasteiger partial charge >= 0.3 is 5.97 Å². The van der Waals surface area contributed by atoms with Crippen LogP contribution >= 0.6 is 0 Å². The van der Waals surface area contributed by atoms with Gasteiger partial charge in [0.25, 0.3) is 0 Å². The van der Waals surface area contributed by atoms with Crippen molar-refractivity contribution in [2.75, 3.05) is 12.4 Å². The number of anilines is 1. The highest BCUT2D eigenvalue weighted by Crippen LogP contribution is 2.19. The molecule has 0 aliphatic heterocycles. The predicted octanol–water partition coefficient (Wildman–Crippen LogP) is 3.70. The Morgan fingerprint density at radius 2 is 1.85 bits per heavy atom. The van der Waals surface area contributed by atoms with Crippen LogP contribution in [-0.2, 0) is 11.3 Å². The molecule has 0 atom stereocenters. The number of hydrogen-bond acceptors (Lipinski definition) is 3. The predicted molar refractivity (Wildman–Crippen MR) is 81.0 cm³/mol. The summed E-state index contributed by atoms with van der Waals surface area (Å²) in [6, 6.07) is 13.8. The molecule has 3 heteroatoms. The lowest BCUT2D eigenvalue weighted by atomic mass is 10.1. The number of rotatable bonds is 4. The Balaban J connectivity index is 2.17. The summed E-state index contributed by atoms with van der Waals surface area (Å²) in [6.07, 6.45) is 0. The largest absolute Gasteiger partial charge is 0.465 e. The minimum Gasteiger partial charge on any atom is -0.465 e. The van der Waals surface area contributed by atoms with Crippen LogP contribution in [0.25, 0.3) is 0 Å². The Morgan fingerprint density at radius 3 is 2.55 bits per heavy atom. The molecule has 1 N–H and O–H groups in total. The van der Waals surface area contributed by atoms with Crippen LogP contribution in [-0.4, -0.2) is 13.1 Å². The number of aryl methyl sites for hydroxylation is 2. The summed E-state index contributed by atoms with van der Waals surface area (Å²) in [6.45, 7) is 4.84. The van der Waals surface area contributed by atoms with Crippen molar-refractivity contribution in [3.8, 4) is 0 Å². The van der Waals surface area contributed by atoms with E-state index in [4.69, 9.17) is 4.74 Å². The molecule has 0 amide bonds. The highest BCUT2D eigenvalue weighted by atomic mass is 16.5. The van der Waals surface area contributed by atoms with Crippen molar-refractivity contribution < 1.29 is 9.53 Å². The zero-order valence-electron chi connectivity index (χ0n) is 12.1. The van der Waals surface area contributed by atoms with Crippen LogP contribution in [0.4, 0.5) is 5.69 Å².